The Hall–Kier alpha value is -4.34. The number of alkyl halides is 3. The molecule has 38 heavy (non-hydrogen) atoms. The number of benzene rings is 3. The number of nitrogens with one attached hydrogen (secondary N) is 2. The van der Waals surface area contributed by atoms with Crippen molar-refractivity contribution in [2.45, 2.75) is 37.7 Å². The summed E-state index contributed by atoms with van der Waals surface area (Å²) in [7, 11) is 1.13. The standard InChI is InChI=1S/C28H27F3N2O5/c1-37-26(35)24(17-20-12-14-22(15-13-20)28(29,30)31)32-25(34)23(16-19-8-4-2-5-9-19)33-27(36)38-18-21-10-6-3-7-11-21/h2-15,23-24H,16-18H2,1H3,(H,32,34)(H,33,36)/t23-,24-/m1/s1. The topological polar surface area (TPSA) is 93.7 Å². The van der Waals surface area contributed by atoms with Gasteiger partial charge in [-0.05, 0) is 28.8 Å². The van der Waals surface area contributed by atoms with Gasteiger partial charge in [-0.15, -0.1) is 0 Å². The molecule has 3 aromatic carbocycles. The number of carbonyl (C=O) groups excluding carboxylic acids is 3. The lowest BCUT2D eigenvalue weighted by Gasteiger charge is -2.22. The van der Waals surface area contributed by atoms with E-state index in [9.17, 15) is 27.6 Å². The van der Waals surface area contributed by atoms with Crippen LogP contribution < -0.4 is 10.6 Å². The van der Waals surface area contributed by atoms with Gasteiger partial charge in [0, 0.05) is 12.8 Å². The van der Waals surface area contributed by atoms with E-state index in [0.29, 0.717) is 5.56 Å². The number of esters is 1. The van der Waals surface area contributed by atoms with Crippen molar-refractivity contribution < 1.29 is 37.0 Å². The number of alkyl carbamates (subject to hydrolysis) is 1. The highest BCUT2D eigenvalue weighted by atomic mass is 19.4. The first-order valence-electron chi connectivity index (χ1n) is 11.7. The van der Waals surface area contributed by atoms with E-state index in [1.165, 1.54) is 12.1 Å². The van der Waals surface area contributed by atoms with Gasteiger partial charge >= 0.3 is 18.2 Å². The third kappa shape index (κ3) is 8.65. The van der Waals surface area contributed by atoms with E-state index >= 15 is 0 Å². The summed E-state index contributed by atoms with van der Waals surface area (Å²) in [6.07, 6.45) is -5.35. The monoisotopic (exact) mass is 528 g/mol. The van der Waals surface area contributed by atoms with Crippen LogP contribution >= 0.6 is 0 Å². The Morgan fingerprint density at radius 1 is 0.737 bits per heavy atom. The summed E-state index contributed by atoms with van der Waals surface area (Å²) in [5, 5.41) is 5.09. The van der Waals surface area contributed by atoms with Gasteiger partial charge in [0.2, 0.25) is 5.91 Å². The smallest absolute Gasteiger partial charge is 0.416 e. The predicted octanol–water partition coefficient (Wildman–Crippen LogP) is 4.44. The fourth-order valence-corrected chi connectivity index (χ4v) is 3.64. The van der Waals surface area contributed by atoms with Gasteiger partial charge < -0.3 is 20.1 Å². The number of amides is 2. The van der Waals surface area contributed by atoms with Crippen LogP contribution in [-0.2, 0) is 44.7 Å². The summed E-state index contributed by atoms with van der Waals surface area (Å²) in [5.74, 6) is -1.48. The lowest BCUT2D eigenvalue weighted by Crippen LogP contribution is -2.53. The number of rotatable bonds is 10. The largest absolute Gasteiger partial charge is 0.467 e. The summed E-state index contributed by atoms with van der Waals surface area (Å²) in [4.78, 5) is 38.1. The van der Waals surface area contributed by atoms with Crippen LogP contribution in [0.25, 0.3) is 0 Å². The highest BCUT2D eigenvalue weighted by Gasteiger charge is 2.31. The molecule has 0 spiro atoms. The maximum atomic E-state index is 13.2. The van der Waals surface area contributed by atoms with Crippen molar-refractivity contribution in [2.75, 3.05) is 7.11 Å². The Bertz CT molecular complexity index is 1200. The molecule has 2 atom stereocenters. The van der Waals surface area contributed by atoms with E-state index < -0.39 is 41.8 Å². The fourth-order valence-electron chi connectivity index (χ4n) is 3.64. The molecule has 200 valence electrons. The third-order valence-electron chi connectivity index (χ3n) is 5.63. The first-order chi connectivity index (χ1) is 18.2. The number of hydrogen-bond donors (Lipinski definition) is 2. The molecule has 2 N–H and O–H groups in total. The minimum absolute atomic E-state index is 0.00887. The van der Waals surface area contributed by atoms with Crippen molar-refractivity contribution in [3.8, 4) is 0 Å². The molecule has 0 aliphatic rings. The van der Waals surface area contributed by atoms with Gasteiger partial charge in [-0.2, -0.15) is 13.2 Å². The van der Waals surface area contributed by atoms with Gasteiger partial charge in [0.25, 0.3) is 0 Å². The second kappa shape index (κ2) is 13.3. The molecule has 0 aliphatic heterocycles. The summed E-state index contributed by atoms with van der Waals surface area (Å²) in [6, 6.07) is 19.8. The molecule has 2 amide bonds. The molecule has 0 radical (unpaired) electrons. The Labute approximate surface area is 218 Å². The molecule has 0 saturated carbocycles. The summed E-state index contributed by atoms with van der Waals surface area (Å²) in [6.45, 7) is -0.00887. The van der Waals surface area contributed by atoms with Crippen LogP contribution in [0, 0.1) is 0 Å². The Morgan fingerprint density at radius 2 is 1.26 bits per heavy atom. The van der Waals surface area contributed by atoms with Crippen LogP contribution in [-0.4, -0.2) is 37.2 Å². The van der Waals surface area contributed by atoms with Crippen LogP contribution in [0.15, 0.2) is 84.9 Å². The van der Waals surface area contributed by atoms with Crippen LogP contribution in [0.5, 0.6) is 0 Å². The van der Waals surface area contributed by atoms with Gasteiger partial charge in [0.05, 0.1) is 12.7 Å². The molecule has 0 heterocycles. The molecule has 3 aromatic rings. The van der Waals surface area contributed by atoms with E-state index in [4.69, 9.17) is 9.47 Å². The predicted molar refractivity (Wildman–Crippen MR) is 133 cm³/mol. The van der Waals surface area contributed by atoms with Gasteiger partial charge in [-0.3, -0.25) is 4.79 Å². The minimum atomic E-state index is -4.50. The maximum absolute atomic E-state index is 13.2. The zero-order valence-corrected chi connectivity index (χ0v) is 20.5. The van der Waals surface area contributed by atoms with Gasteiger partial charge in [-0.1, -0.05) is 72.8 Å². The molecule has 0 aliphatic carbocycles. The van der Waals surface area contributed by atoms with E-state index in [-0.39, 0.29) is 19.4 Å². The molecular weight excluding hydrogens is 501 g/mol. The van der Waals surface area contributed by atoms with Gasteiger partial charge in [0.1, 0.15) is 18.7 Å². The van der Waals surface area contributed by atoms with E-state index in [1.807, 2.05) is 6.07 Å². The second-order valence-electron chi connectivity index (χ2n) is 8.43. The van der Waals surface area contributed by atoms with Crippen molar-refractivity contribution in [1.82, 2.24) is 10.6 Å². The van der Waals surface area contributed by atoms with Crippen LogP contribution in [0.3, 0.4) is 0 Å². The Kier molecular flexibility index (Phi) is 9.86. The highest BCUT2D eigenvalue weighted by molar-refractivity contribution is 5.90. The van der Waals surface area contributed by atoms with Gasteiger partial charge in [0.15, 0.2) is 0 Å². The first-order valence-corrected chi connectivity index (χ1v) is 11.7. The molecule has 3 rings (SSSR count). The molecule has 7 nitrogen and oxygen atoms in total. The van der Waals surface area contributed by atoms with Crippen molar-refractivity contribution >= 4 is 18.0 Å². The second-order valence-corrected chi connectivity index (χ2v) is 8.43. The molecule has 0 unspecified atom stereocenters. The minimum Gasteiger partial charge on any atom is -0.467 e. The Balaban J connectivity index is 1.72. The number of ether oxygens (including phenoxy) is 2. The molecular formula is C28H27F3N2O5. The number of carbonyl (C=O) groups is 3. The zero-order valence-electron chi connectivity index (χ0n) is 20.5. The third-order valence-corrected chi connectivity index (χ3v) is 5.63. The molecule has 0 aromatic heterocycles. The Morgan fingerprint density at radius 3 is 1.82 bits per heavy atom. The SMILES string of the molecule is COC(=O)[C@@H](Cc1ccc(C(F)(F)F)cc1)NC(=O)[C@@H](Cc1ccccc1)NC(=O)OCc1ccccc1. The van der Waals surface area contributed by atoms with Crippen molar-refractivity contribution in [2.24, 2.45) is 0 Å². The molecule has 0 saturated heterocycles. The quantitative estimate of drug-likeness (QED) is 0.380. The number of hydrogen-bond acceptors (Lipinski definition) is 5. The van der Waals surface area contributed by atoms with Crippen LogP contribution in [0.4, 0.5) is 18.0 Å². The van der Waals surface area contributed by atoms with E-state index in [0.717, 1.165) is 30.4 Å². The van der Waals surface area contributed by atoms with Crippen LogP contribution in [0.1, 0.15) is 22.3 Å². The zero-order chi connectivity index (χ0) is 27.5. The highest BCUT2D eigenvalue weighted by Crippen LogP contribution is 2.29. The van der Waals surface area contributed by atoms with E-state index in [1.54, 1.807) is 54.6 Å². The normalized spacial score (nSPS) is 12.6. The molecule has 0 bridgehead atoms. The van der Waals surface area contributed by atoms with Gasteiger partial charge in [-0.25, -0.2) is 9.59 Å². The summed E-state index contributed by atoms with van der Waals surface area (Å²) < 4.78 is 48.7. The lowest BCUT2D eigenvalue weighted by atomic mass is 10.0. The maximum Gasteiger partial charge on any atom is 0.416 e. The van der Waals surface area contributed by atoms with Crippen molar-refractivity contribution in [1.29, 1.82) is 0 Å². The molecule has 0 fully saturated rings. The van der Waals surface area contributed by atoms with Crippen molar-refractivity contribution in [3.05, 3.63) is 107 Å². The van der Waals surface area contributed by atoms with Crippen molar-refractivity contribution in [3.63, 3.8) is 0 Å². The van der Waals surface area contributed by atoms with E-state index in [2.05, 4.69) is 10.6 Å². The summed E-state index contributed by atoms with van der Waals surface area (Å²) >= 11 is 0. The molecule has 10 heteroatoms. The first kappa shape index (κ1) is 28.2. The average Bonchev–Trinajstić information content (AvgIpc) is 2.91. The fraction of sp³-hybridized carbons (Fsp3) is 0.250. The number of methoxy groups -OCH3 is 1. The van der Waals surface area contributed by atoms with Crippen LogP contribution in [0.2, 0.25) is 0 Å². The lowest BCUT2D eigenvalue weighted by molar-refractivity contribution is -0.145. The number of halogens is 3. The summed E-state index contributed by atoms with van der Waals surface area (Å²) in [5.41, 5.74) is 1.05. The average molecular weight is 529 g/mol.